The molecule has 1 nitrogen and oxygen atoms in total. The van der Waals surface area contributed by atoms with Crippen molar-refractivity contribution in [2.75, 3.05) is 6.61 Å². The second kappa shape index (κ2) is 6.31. The van der Waals surface area contributed by atoms with Crippen molar-refractivity contribution in [2.45, 2.75) is 12.3 Å². The third-order valence-electron chi connectivity index (χ3n) is 2.56. The number of alkyl halides is 1. The van der Waals surface area contributed by atoms with Gasteiger partial charge >= 0.3 is 0 Å². The Hall–Kier alpha value is -1.47. The highest BCUT2D eigenvalue weighted by Crippen LogP contribution is 2.15. The van der Waals surface area contributed by atoms with Crippen LogP contribution >= 0.6 is 11.6 Å². The van der Waals surface area contributed by atoms with E-state index >= 15 is 0 Å². The van der Waals surface area contributed by atoms with Crippen molar-refractivity contribution >= 4 is 11.6 Å². The first kappa shape index (κ1) is 12.0. The van der Waals surface area contributed by atoms with Crippen molar-refractivity contribution < 1.29 is 4.74 Å². The van der Waals surface area contributed by atoms with Gasteiger partial charge in [-0.2, -0.15) is 0 Å². The minimum atomic E-state index is 0.524. The monoisotopic (exact) mass is 246 g/mol. The van der Waals surface area contributed by atoms with Crippen LogP contribution in [0.15, 0.2) is 54.6 Å². The van der Waals surface area contributed by atoms with Crippen LogP contribution in [-0.2, 0) is 12.3 Å². The van der Waals surface area contributed by atoms with E-state index in [2.05, 4.69) is 12.1 Å². The molecule has 2 heteroatoms. The Balaban J connectivity index is 1.86. The molecule has 0 heterocycles. The molecule has 88 valence electrons. The van der Waals surface area contributed by atoms with Gasteiger partial charge in [-0.1, -0.05) is 42.5 Å². The molecule has 0 fully saturated rings. The summed E-state index contributed by atoms with van der Waals surface area (Å²) in [5, 5.41) is 0. The third-order valence-corrected chi connectivity index (χ3v) is 2.86. The first-order chi connectivity index (χ1) is 8.38. The first-order valence-electron chi connectivity index (χ1n) is 5.70. The lowest BCUT2D eigenvalue weighted by Gasteiger charge is -2.07. The molecule has 0 atom stereocenters. The van der Waals surface area contributed by atoms with Gasteiger partial charge in [-0.15, -0.1) is 11.6 Å². The van der Waals surface area contributed by atoms with Crippen LogP contribution in [0.5, 0.6) is 5.75 Å². The molecule has 17 heavy (non-hydrogen) atoms. The fraction of sp³-hybridized carbons (Fsp3) is 0.200. The molecule has 0 radical (unpaired) electrons. The SMILES string of the molecule is ClCc1cccc(OCCc2ccccc2)c1. The largest absolute Gasteiger partial charge is 0.493 e. The molecule has 0 spiro atoms. The molecular formula is C15H15ClO. The first-order valence-corrected chi connectivity index (χ1v) is 6.23. The molecular weight excluding hydrogens is 232 g/mol. The van der Waals surface area contributed by atoms with E-state index in [9.17, 15) is 0 Å². The van der Waals surface area contributed by atoms with Crippen LogP contribution in [0.4, 0.5) is 0 Å². The van der Waals surface area contributed by atoms with E-state index in [0.29, 0.717) is 12.5 Å². The highest BCUT2D eigenvalue weighted by molar-refractivity contribution is 6.17. The van der Waals surface area contributed by atoms with E-state index in [4.69, 9.17) is 16.3 Å². The van der Waals surface area contributed by atoms with Crippen molar-refractivity contribution in [3.8, 4) is 5.75 Å². The van der Waals surface area contributed by atoms with Gasteiger partial charge in [0.15, 0.2) is 0 Å². The van der Waals surface area contributed by atoms with Crippen LogP contribution < -0.4 is 4.74 Å². The Morgan fingerprint density at radius 1 is 0.882 bits per heavy atom. The predicted octanol–water partition coefficient (Wildman–Crippen LogP) is 4.05. The topological polar surface area (TPSA) is 9.23 Å². The highest BCUT2D eigenvalue weighted by Gasteiger charge is 1.97. The molecule has 2 rings (SSSR count). The Bertz CT molecular complexity index is 453. The highest BCUT2D eigenvalue weighted by atomic mass is 35.5. The zero-order valence-corrected chi connectivity index (χ0v) is 10.4. The van der Waals surface area contributed by atoms with E-state index in [1.165, 1.54) is 5.56 Å². The van der Waals surface area contributed by atoms with Gasteiger partial charge in [0, 0.05) is 12.3 Å². The lowest BCUT2D eigenvalue weighted by molar-refractivity contribution is 0.321. The summed E-state index contributed by atoms with van der Waals surface area (Å²) < 4.78 is 5.69. The summed E-state index contributed by atoms with van der Waals surface area (Å²) in [7, 11) is 0. The zero-order chi connectivity index (χ0) is 11.9. The van der Waals surface area contributed by atoms with Crippen LogP contribution in [-0.4, -0.2) is 6.61 Å². The maximum Gasteiger partial charge on any atom is 0.119 e. The van der Waals surface area contributed by atoms with Gasteiger partial charge in [-0.05, 0) is 23.3 Å². The van der Waals surface area contributed by atoms with Gasteiger partial charge in [0.25, 0.3) is 0 Å². The molecule has 0 aliphatic heterocycles. The summed E-state index contributed by atoms with van der Waals surface area (Å²) in [5.74, 6) is 1.41. The van der Waals surface area contributed by atoms with Gasteiger partial charge in [0.1, 0.15) is 5.75 Å². The minimum Gasteiger partial charge on any atom is -0.493 e. The van der Waals surface area contributed by atoms with Crippen LogP contribution in [0.3, 0.4) is 0 Å². The average Bonchev–Trinajstić information content (AvgIpc) is 2.40. The van der Waals surface area contributed by atoms with Gasteiger partial charge in [-0.25, -0.2) is 0 Å². The smallest absolute Gasteiger partial charge is 0.119 e. The predicted molar refractivity (Wildman–Crippen MR) is 71.6 cm³/mol. The van der Waals surface area contributed by atoms with E-state index in [-0.39, 0.29) is 0 Å². The minimum absolute atomic E-state index is 0.524. The number of benzene rings is 2. The second-order valence-electron chi connectivity index (χ2n) is 3.87. The zero-order valence-electron chi connectivity index (χ0n) is 9.60. The van der Waals surface area contributed by atoms with Crippen LogP contribution in [0.1, 0.15) is 11.1 Å². The van der Waals surface area contributed by atoms with Gasteiger partial charge in [0.05, 0.1) is 6.61 Å². The maximum atomic E-state index is 5.77. The number of halogens is 1. The fourth-order valence-electron chi connectivity index (χ4n) is 1.65. The lowest BCUT2D eigenvalue weighted by atomic mass is 10.2. The average molecular weight is 247 g/mol. The maximum absolute atomic E-state index is 5.77. The molecule has 2 aromatic rings. The van der Waals surface area contributed by atoms with Gasteiger partial charge in [0.2, 0.25) is 0 Å². The Kier molecular flexibility index (Phi) is 4.45. The molecule has 0 unspecified atom stereocenters. The molecule has 0 saturated carbocycles. The Morgan fingerprint density at radius 2 is 1.65 bits per heavy atom. The molecule has 0 bridgehead atoms. The Morgan fingerprint density at radius 3 is 2.41 bits per heavy atom. The number of rotatable bonds is 5. The van der Waals surface area contributed by atoms with Gasteiger partial charge in [-0.3, -0.25) is 0 Å². The standard InChI is InChI=1S/C15H15ClO/c16-12-14-7-4-8-15(11-14)17-10-9-13-5-2-1-3-6-13/h1-8,11H,9-10,12H2. The number of hydrogen-bond donors (Lipinski definition) is 0. The van der Waals surface area contributed by atoms with E-state index < -0.39 is 0 Å². The third kappa shape index (κ3) is 3.79. The summed E-state index contributed by atoms with van der Waals surface area (Å²) in [6, 6.07) is 18.2. The van der Waals surface area contributed by atoms with Crippen LogP contribution in [0.2, 0.25) is 0 Å². The van der Waals surface area contributed by atoms with Crippen molar-refractivity contribution in [1.29, 1.82) is 0 Å². The molecule has 2 aromatic carbocycles. The second-order valence-corrected chi connectivity index (χ2v) is 4.13. The summed E-state index contributed by atoms with van der Waals surface area (Å²) in [6.07, 6.45) is 0.923. The van der Waals surface area contributed by atoms with Crippen molar-refractivity contribution in [3.05, 3.63) is 65.7 Å². The number of hydrogen-bond acceptors (Lipinski definition) is 1. The van der Waals surface area contributed by atoms with Gasteiger partial charge < -0.3 is 4.74 Å². The Labute approximate surface area is 107 Å². The summed E-state index contributed by atoms with van der Waals surface area (Å²) in [4.78, 5) is 0. The molecule has 0 aromatic heterocycles. The summed E-state index contributed by atoms with van der Waals surface area (Å²) in [5.41, 5.74) is 2.38. The summed E-state index contributed by atoms with van der Waals surface area (Å²) in [6.45, 7) is 0.690. The molecule has 0 amide bonds. The molecule has 0 N–H and O–H groups in total. The lowest BCUT2D eigenvalue weighted by Crippen LogP contribution is -2.01. The van der Waals surface area contributed by atoms with E-state index in [1.807, 2.05) is 42.5 Å². The quantitative estimate of drug-likeness (QED) is 0.724. The van der Waals surface area contributed by atoms with E-state index in [1.54, 1.807) is 0 Å². The van der Waals surface area contributed by atoms with Crippen molar-refractivity contribution in [3.63, 3.8) is 0 Å². The molecule has 0 aliphatic rings. The normalized spacial score (nSPS) is 10.2. The van der Waals surface area contributed by atoms with Crippen molar-refractivity contribution in [2.24, 2.45) is 0 Å². The van der Waals surface area contributed by atoms with Crippen LogP contribution in [0.25, 0.3) is 0 Å². The summed E-state index contributed by atoms with van der Waals surface area (Å²) >= 11 is 5.77. The molecule has 0 aliphatic carbocycles. The van der Waals surface area contributed by atoms with Crippen molar-refractivity contribution in [1.82, 2.24) is 0 Å². The van der Waals surface area contributed by atoms with E-state index in [0.717, 1.165) is 17.7 Å². The molecule has 0 saturated heterocycles. The fourth-order valence-corrected chi connectivity index (χ4v) is 1.82. The number of ether oxygens (including phenoxy) is 1. The van der Waals surface area contributed by atoms with Crippen LogP contribution in [0, 0.1) is 0 Å².